The van der Waals surface area contributed by atoms with E-state index in [1.807, 2.05) is 0 Å². The summed E-state index contributed by atoms with van der Waals surface area (Å²) in [5, 5.41) is 8.57. The average molecular weight is 338 g/mol. The monoisotopic (exact) mass is 338 g/mol. The van der Waals surface area contributed by atoms with E-state index in [1.165, 1.54) is 57.4 Å². The van der Waals surface area contributed by atoms with E-state index >= 15 is 0 Å². The third kappa shape index (κ3) is 9.38. The number of ether oxygens (including phenoxy) is 1. The van der Waals surface area contributed by atoms with Crippen molar-refractivity contribution in [2.45, 2.75) is 77.6 Å². The fourth-order valence-corrected chi connectivity index (χ4v) is 2.53. The molecule has 5 nitrogen and oxygen atoms in total. The SMILES string of the molecule is CCCCCCCCCCCCOc1ccc(C(=O)CC(=O)O)o1. The Morgan fingerprint density at radius 2 is 1.54 bits per heavy atom. The van der Waals surface area contributed by atoms with Crippen LogP contribution in [0.2, 0.25) is 0 Å². The second kappa shape index (κ2) is 12.6. The first kappa shape index (κ1) is 20.3. The van der Waals surface area contributed by atoms with Gasteiger partial charge in [0.1, 0.15) is 6.42 Å². The van der Waals surface area contributed by atoms with E-state index in [0.29, 0.717) is 6.61 Å². The Morgan fingerprint density at radius 3 is 2.12 bits per heavy atom. The number of ketones is 1. The number of Topliss-reactive ketones (excluding diaryl/α,β-unsaturated/α-hetero) is 1. The molecule has 24 heavy (non-hydrogen) atoms. The summed E-state index contributed by atoms with van der Waals surface area (Å²) >= 11 is 0. The molecule has 0 spiro atoms. The topological polar surface area (TPSA) is 76.7 Å². The summed E-state index contributed by atoms with van der Waals surface area (Å²) in [5.74, 6) is -1.39. The highest BCUT2D eigenvalue weighted by molar-refractivity contribution is 6.03. The lowest BCUT2D eigenvalue weighted by molar-refractivity contribution is -0.135. The Balaban J connectivity index is 2.01. The number of carboxylic acids is 1. The molecule has 0 bridgehead atoms. The van der Waals surface area contributed by atoms with Crippen molar-refractivity contribution >= 4 is 11.8 Å². The molecule has 0 aromatic carbocycles. The van der Waals surface area contributed by atoms with Crippen LogP contribution in [0.25, 0.3) is 0 Å². The van der Waals surface area contributed by atoms with E-state index in [0.717, 1.165) is 12.8 Å². The minimum atomic E-state index is -1.16. The summed E-state index contributed by atoms with van der Waals surface area (Å²) in [7, 11) is 0. The van der Waals surface area contributed by atoms with Gasteiger partial charge in [0.25, 0.3) is 5.95 Å². The standard InChI is InChI=1S/C19H30O5/c1-2-3-4-5-6-7-8-9-10-11-14-23-19-13-12-17(24-19)16(20)15-18(21)22/h12-13H,2-11,14-15H2,1H3,(H,21,22). The summed E-state index contributed by atoms with van der Waals surface area (Å²) in [6.07, 6.45) is 12.1. The minimum Gasteiger partial charge on any atom is -0.481 e. The first-order valence-electron chi connectivity index (χ1n) is 9.11. The quantitative estimate of drug-likeness (QED) is 0.269. The number of carboxylic acid groups (broad SMARTS) is 1. The van der Waals surface area contributed by atoms with Crippen LogP contribution in [0.5, 0.6) is 5.95 Å². The van der Waals surface area contributed by atoms with Crippen LogP contribution >= 0.6 is 0 Å². The molecule has 5 heteroatoms. The highest BCUT2D eigenvalue weighted by Crippen LogP contribution is 2.18. The van der Waals surface area contributed by atoms with E-state index in [-0.39, 0.29) is 11.7 Å². The molecule has 0 aliphatic carbocycles. The van der Waals surface area contributed by atoms with Crippen LogP contribution in [-0.4, -0.2) is 23.5 Å². The minimum absolute atomic E-state index is 0.0375. The van der Waals surface area contributed by atoms with Gasteiger partial charge in [-0.15, -0.1) is 0 Å². The van der Waals surface area contributed by atoms with Crippen molar-refractivity contribution in [3.05, 3.63) is 17.9 Å². The molecule has 0 saturated heterocycles. The summed E-state index contributed by atoms with van der Waals surface area (Å²) in [5.41, 5.74) is 0. The molecule has 0 aliphatic heterocycles. The third-order valence-electron chi connectivity index (χ3n) is 3.91. The van der Waals surface area contributed by atoms with Crippen LogP contribution in [0.1, 0.15) is 88.1 Å². The fourth-order valence-electron chi connectivity index (χ4n) is 2.53. The molecule has 0 aliphatic rings. The van der Waals surface area contributed by atoms with Crippen molar-refractivity contribution < 1.29 is 23.8 Å². The molecule has 0 unspecified atom stereocenters. The fraction of sp³-hybridized carbons (Fsp3) is 0.684. The Kier molecular flexibility index (Phi) is 10.7. The Morgan fingerprint density at radius 1 is 0.958 bits per heavy atom. The number of aliphatic carboxylic acids is 1. The van der Waals surface area contributed by atoms with E-state index in [9.17, 15) is 9.59 Å². The van der Waals surface area contributed by atoms with Crippen LogP contribution in [0, 0.1) is 0 Å². The van der Waals surface area contributed by atoms with E-state index < -0.39 is 18.2 Å². The normalized spacial score (nSPS) is 10.7. The van der Waals surface area contributed by atoms with Gasteiger partial charge in [0.05, 0.1) is 6.61 Å². The van der Waals surface area contributed by atoms with Crippen molar-refractivity contribution in [1.29, 1.82) is 0 Å². The Bertz CT molecular complexity index is 478. The van der Waals surface area contributed by atoms with Gasteiger partial charge in [0.2, 0.25) is 5.78 Å². The van der Waals surface area contributed by atoms with Gasteiger partial charge < -0.3 is 14.3 Å². The molecule has 0 amide bonds. The number of carbonyl (C=O) groups is 2. The van der Waals surface area contributed by atoms with Crippen molar-refractivity contribution in [3.8, 4) is 5.95 Å². The van der Waals surface area contributed by atoms with Crippen molar-refractivity contribution in [3.63, 3.8) is 0 Å². The predicted molar refractivity (Wildman–Crippen MR) is 92.6 cm³/mol. The smallest absolute Gasteiger partial charge is 0.311 e. The zero-order chi connectivity index (χ0) is 17.6. The van der Waals surface area contributed by atoms with Gasteiger partial charge in [-0.2, -0.15) is 0 Å². The van der Waals surface area contributed by atoms with Crippen LogP contribution < -0.4 is 4.74 Å². The number of furan rings is 1. The van der Waals surface area contributed by atoms with Gasteiger partial charge in [-0.3, -0.25) is 9.59 Å². The highest BCUT2D eigenvalue weighted by atomic mass is 16.6. The summed E-state index contributed by atoms with van der Waals surface area (Å²) in [6, 6.07) is 3.02. The molecule has 1 N–H and O–H groups in total. The molecule has 1 rings (SSSR count). The van der Waals surface area contributed by atoms with Crippen LogP contribution in [0.15, 0.2) is 16.5 Å². The Labute approximate surface area is 144 Å². The number of hydrogen-bond donors (Lipinski definition) is 1. The maximum Gasteiger partial charge on any atom is 0.311 e. The van der Waals surface area contributed by atoms with Crippen molar-refractivity contribution in [2.24, 2.45) is 0 Å². The van der Waals surface area contributed by atoms with E-state index in [4.69, 9.17) is 14.3 Å². The number of rotatable bonds is 15. The zero-order valence-corrected chi connectivity index (χ0v) is 14.7. The molecule has 136 valence electrons. The van der Waals surface area contributed by atoms with Crippen LogP contribution in [0.4, 0.5) is 0 Å². The van der Waals surface area contributed by atoms with Crippen LogP contribution in [0.3, 0.4) is 0 Å². The maximum atomic E-state index is 11.5. The van der Waals surface area contributed by atoms with Crippen LogP contribution in [-0.2, 0) is 4.79 Å². The number of unbranched alkanes of at least 4 members (excludes halogenated alkanes) is 9. The average Bonchev–Trinajstić information content (AvgIpc) is 3.01. The summed E-state index contributed by atoms with van der Waals surface area (Å²) in [6.45, 7) is 2.79. The molecule has 1 aromatic heterocycles. The van der Waals surface area contributed by atoms with Gasteiger partial charge in [0, 0.05) is 6.07 Å². The molecule has 0 saturated carbocycles. The molecule has 0 fully saturated rings. The molecular formula is C19H30O5. The van der Waals surface area contributed by atoms with Gasteiger partial charge in [-0.25, -0.2) is 0 Å². The molecule has 0 atom stereocenters. The molecular weight excluding hydrogens is 308 g/mol. The highest BCUT2D eigenvalue weighted by Gasteiger charge is 2.15. The lowest BCUT2D eigenvalue weighted by atomic mass is 10.1. The largest absolute Gasteiger partial charge is 0.481 e. The Hall–Kier alpha value is -1.78. The molecule has 1 aromatic rings. The second-order valence-corrected chi connectivity index (χ2v) is 6.14. The van der Waals surface area contributed by atoms with Gasteiger partial charge in [-0.05, 0) is 12.5 Å². The zero-order valence-electron chi connectivity index (χ0n) is 14.7. The maximum absolute atomic E-state index is 11.5. The van der Waals surface area contributed by atoms with E-state index in [1.54, 1.807) is 6.07 Å². The lowest BCUT2D eigenvalue weighted by Crippen LogP contribution is -2.05. The summed E-state index contributed by atoms with van der Waals surface area (Å²) < 4.78 is 10.7. The third-order valence-corrected chi connectivity index (χ3v) is 3.91. The molecule has 1 heterocycles. The van der Waals surface area contributed by atoms with Gasteiger partial charge in [-0.1, -0.05) is 64.7 Å². The number of carbonyl (C=O) groups excluding carboxylic acids is 1. The molecule has 0 radical (unpaired) electrons. The van der Waals surface area contributed by atoms with Gasteiger partial charge in [0.15, 0.2) is 5.76 Å². The number of hydrogen-bond acceptors (Lipinski definition) is 4. The first-order valence-corrected chi connectivity index (χ1v) is 9.11. The first-order chi connectivity index (χ1) is 11.6. The summed E-state index contributed by atoms with van der Waals surface area (Å²) in [4.78, 5) is 22.0. The second-order valence-electron chi connectivity index (χ2n) is 6.14. The van der Waals surface area contributed by atoms with Crippen molar-refractivity contribution in [1.82, 2.24) is 0 Å². The lowest BCUT2D eigenvalue weighted by Gasteiger charge is -2.03. The van der Waals surface area contributed by atoms with Gasteiger partial charge >= 0.3 is 5.97 Å². The predicted octanol–water partition coefficient (Wildman–Crippen LogP) is 5.24. The van der Waals surface area contributed by atoms with Crippen molar-refractivity contribution in [2.75, 3.05) is 6.61 Å². The van der Waals surface area contributed by atoms with E-state index in [2.05, 4.69) is 6.92 Å².